The van der Waals surface area contributed by atoms with Crippen LogP contribution in [0.15, 0.2) is 48.8 Å². The van der Waals surface area contributed by atoms with E-state index in [2.05, 4.69) is 10.4 Å². The van der Waals surface area contributed by atoms with E-state index in [9.17, 15) is 4.79 Å². The number of piperidine rings is 1. The Morgan fingerprint density at radius 2 is 1.95 bits per heavy atom. The Balaban J connectivity index is 1.48. The lowest BCUT2D eigenvalue weighted by Crippen LogP contribution is -2.41. The van der Waals surface area contributed by atoms with Crippen LogP contribution in [0.25, 0.3) is 0 Å². The molecule has 1 saturated heterocycles. The molecule has 2 aromatic rings. The molecule has 1 N–H and O–H groups in total. The molecule has 1 fully saturated rings. The highest BCUT2D eigenvalue weighted by atomic mass is 16.2. The zero-order valence-electron chi connectivity index (χ0n) is 12.0. The van der Waals surface area contributed by atoms with E-state index in [1.165, 1.54) is 0 Å². The number of rotatable bonds is 3. The van der Waals surface area contributed by atoms with Crippen molar-refractivity contribution < 1.29 is 4.79 Å². The van der Waals surface area contributed by atoms with Gasteiger partial charge in [0.25, 0.3) is 0 Å². The Morgan fingerprint density at radius 1 is 1.19 bits per heavy atom. The molecule has 5 heteroatoms. The summed E-state index contributed by atoms with van der Waals surface area (Å²) in [6, 6.07) is 11.5. The summed E-state index contributed by atoms with van der Waals surface area (Å²) in [5.41, 5.74) is 0.848. The maximum atomic E-state index is 12.2. The fourth-order valence-electron chi connectivity index (χ4n) is 2.72. The molecule has 1 aromatic heterocycles. The first kappa shape index (κ1) is 13.7. The second kappa shape index (κ2) is 6.43. The number of urea groups is 1. The number of nitrogens with one attached hydrogen (secondary N) is 1. The van der Waals surface area contributed by atoms with Crippen LogP contribution < -0.4 is 5.32 Å². The average Bonchev–Trinajstić information content (AvgIpc) is 3.02. The molecule has 0 aliphatic carbocycles. The Kier molecular flexibility index (Phi) is 4.19. The van der Waals surface area contributed by atoms with Crippen molar-refractivity contribution in [3.63, 3.8) is 0 Å². The van der Waals surface area contributed by atoms with Gasteiger partial charge in [-0.2, -0.15) is 5.10 Å². The van der Waals surface area contributed by atoms with Gasteiger partial charge in [-0.3, -0.25) is 4.68 Å². The van der Waals surface area contributed by atoms with Crippen molar-refractivity contribution in [2.45, 2.75) is 19.4 Å². The number of nitrogens with zero attached hydrogens (tertiary/aromatic N) is 3. The summed E-state index contributed by atoms with van der Waals surface area (Å²) in [4.78, 5) is 14.1. The summed E-state index contributed by atoms with van der Waals surface area (Å²) in [6.45, 7) is 2.57. The van der Waals surface area contributed by atoms with E-state index in [1.54, 1.807) is 0 Å². The van der Waals surface area contributed by atoms with Crippen LogP contribution in [0.4, 0.5) is 10.5 Å². The van der Waals surface area contributed by atoms with Gasteiger partial charge in [-0.1, -0.05) is 18.2 Å². The minimum absolute atomic E-state index is 0.00117. The molecule has 0 radical (unpaired) electrons. The molecule has 1 aliphatic heterocycles. The van der Waals surface area contributed by atoms with Crippen LogP contribution in [0, 0.1) is 5.92 Å². The van der Waals surface area contributed by atoms with Gasteiger partial charge in [0.1, 0.15) is 0 Å². The maximum absolute atomic E-state index is 12.2. The lowest BCUT2D eigenvalue weighted by atomic mass is 9.97. The maximum Gasteiger partial charge on any atom is 0.321 e. The standard InChI is InChI=1S/C16H20N4O/c21-16(18-15-5-2-1-3-6-15)19-11-7-14(8-12-19)13-20-10-4-9-17-20/h1-6,9-10,14H,7-8,11-13H2,(H,18,21). The number of aromatic nitrogens is 2. The van der Waals surface area contributed by atoms with Crippen molar-refractivity contribution in [3.05, 3.63) is 48.8 Å². The zero-order valence-corrected chi connectivity index (χ0v) is 12.0. The predicted octanol–water partition coefficient (Wildman–Crippen LogP) is 2.83. The molecular weight excluding hydrogens is 264 g/mol. The van der Waals surface area contributed by atoms with Crippen LogP contribution in [-0.4, -0.2) is 33.8 Å². The highest BCUT2D eigenvalue weighted by molar-refractivity contribution is 5.89. The normalized spacial score (nSPS) is 15.9. The smallest absolute Gasteiger partial charge is 0.321 e. The molecule has 0 atom stereocenters. The van der Waals surface area contributed by atoms with Crippen LogP contribution in [0.1, 0.15) is 12.8 Å². The first-order chi connectivity index (χ1) is 10.3. The number of hydrogen-bond donors (Lipinski definition) is 1. The number of anilines is 1. The minimum atomic E-state index is -0.00117. The van der Waals surface area contributed by atoms with Crippen LogP contribution in [0.2, 0.25) is 0 Å². The number of likely N-dealkylation sites (tertiary alicyclic amines) is 1. The van der Waals surface area contributed by atoms with Gasteiger partial charge < -0.3 is 10.2 Å². The Labute approximate surface area is 124 Å². The van der Waals surface area contributed by atoms with Gasteiger partial charge >= 0.3 is 6.03 Å². The first-order valence-electron chi connectivity index (χ1n) is 7.39. The number of carbonyl (C=O) groups is 1. The summed E-state index contributed by atoms with van der Waals surface area (Å²) in [5, 5.41) is 7.19. The molecule has 0 unspecified atom stereocenters. The Morgan fingerprint density at radius 3 is 2.62 bits per heavy atom. The first-order valence-corrected chi connectivity index (χ1v) is 7.39. The largest absolute Gasteiger partial charge is 0.325 e. The van der Waals surface area contributed by atoms with E-state index < -0.39 is 0 Å². The molecule has 0 spiro atoms. The summed E-state index contributed by atoms with van der Waals surface area (Å²) in [6.07, 6.45) is 5.86. The molecule has 2 heterocycles. The van der Waals surface area contributed by atoms with E-state index in [0.29, 0.717) is 5.92 Å². The van der Waals surface area contributed by atoms with Crippen molar-refractivity contribution in [2.75, 3.05) is 18.4 Å². The molecule has 5 nitrogen and oxygen atoms in total. The quantitative estimate of drug-likeness (QED) is 0.942. The molecule has 1 aromatic carbocycles. The molecule has 2 amide bonds. The van der Waals surface area contributed by atoms with E-state index in [-0.39, 0.29) is 6.03 Å². The topological polar surface area (TPSA) is 50.2 Å². The predicted molar refractivity (Wildman–Crippen MR) is 82.0 cm³/mol. The van der Waals surface area contributed by atoms with E-state index in [0.717, 1.165) is 38.2 Å². The van der Waals surface area contributed by atoms with Gasteiger partial charge in [0.15, 0.2) is 0 Å². The number of para-hydroxylation sites is 1. The highest BCUT2D eigenvalue weighted by Crippen LogP contribution is 2.19. The third-order valence-electron chi connectivity index (χ3n) is 3.93. The van der Waals surface area contributed by atoms with Crippen molar-refractivity contribution in [1.82, 2.24) is 14.7 Å². The Bertz CT molecular complexity index is 559. The number of hydrogen-bond acceptors (Lipinski definition) is 2. The highest BCUT2D eigenvalue weighted by Gasteiger charge is 2.23. The third-order valence-corrected chi connectivity index (χ3v) is 3.93. The van der Waals surface area contributed by atoms with Gasteiger partial charge in [-0.15, -0.1) is 0 Å². The van der Waals surface area contributed by atoms with Crippen LogP contribution in [0.3, 0.4) is 0 Å². The Hall–Kier alpha value is -2.30. The molecule has 0 bridgehead atoms. The van der Waals surface area contributed by atoms with Gasteiger partial charge in [0.05, 0.1) is 0 Å². The SMILES string of the molecule is O=C(Nc1ccccc1)N1CCC(Cn2cccn2)CC1. The lowest BCUT2D eigenvalue weighted by molar-refractivity contribution is 0.175. The van der Waals surface area contributed by atoms with E-state index >= 15 is 0 Å². The minimum Gasteiger partial charge on any atom is -0.325 e. The molecule has 0 saturated carbocycles. The van der Waals surface area contributed by atoms with Crippen LogP contribution in [-0.2, 0) is 6.54 Å². The summed E-state index contributed by atoms with van der Waals surface area (Å²) in [7, 11) is 0. The van der Waals surface area contributed by atoms with Crippen molar-refractivity contribution >= 4 is 11.7 Å². The number of amides is 2. The second-order valence-electron chi connectivity index (χ2n) is 5.45. The molecule has 1 aliphatic rings. The lowest BCUT2D eigenvalue weighted by Gasteiger charge is -2.32. The van der Waals surface area contributed by atoms with E-state index in [1.807, 2.05) is 58.4 Å². The second-order valence-corrected chi connectivity index (χ2v) is 5.45. The fraction of sp³-hybridized carbons (Fsp3) is 0.375. The summed E-state index contributed by atoms with van der Waals surface area (Å²) >= 11 is 0. The molecule has 3 rings (SSSR count). The third kappa shape index (κ3) is 3.62. The monoisotopic (exact) mass is 284 g/mol. The van der Waals surface area contributed by atoms with Crippen LogP contribution in [0.5, 0.6) is 0 Å². The summed E-state index contributed by atoms with van der Waals surface area (Å²) < 4.78 is 1.98. The number of benzene rings is 1. The van der Waals surface area contributed by atoms with Gasteiger partial charge in [-0.25, -0.2) is 4.79 Å². The van der Waals surface area contributed by atoms with Crippen molar-refractivity contribution in [1.29, 1.82) is 0 Å². The molecular formula is C16H20N4O. The zero-order chi connectivity index (χ0) is 14.5. The van der Waals surface area contributed by atoms with Crippen molar-refractivity contribution in [3.8, 4) is 0 Å². The molecule has 21 heavy (non-hydrogen) atoms. The van der Waals surface area contributed by atoms with Gasteiger partial charge in [0, 0.05) is 37.7 Å². The van der Waals surface area contributed by atoms with Gasteiger partial charge in [0.2, 0.25) is 0 Å². The fourth-order valence-corrected chi connectivity index (χ4v) is 2.72. The van der Waals surface area contributed by atoms with E-state index in [4.69, 9.17) is 0 Å². The molecule has 110 valence electrons. The van der Waals surface area contributed by atoms with Crippen LogP contribution >= 0.6 is 0 Å². The average molecular weight is 284 g/mol. The van der Waals surface area contributed by atoms with Gasteiger partial charge in [-0.05, 0) is 37.0 Å². The number of carbonyl (C=O) groups excluding carboxylic acids is 1. The van der Waals surface area contributed by atoms with Crippen molar-refractivity contribution in [2.24, 2.45) is 5.92 Å². The summed E-state index contributed by atoms with van der Waals surface area (Å²) in [5.74, 6) is 0.602.